The molecule has 1 fully saturated rings. The maximum absolute atomic E-state index is 13.8. The molecule has 2 aliphatic rings. The van der Waals surface area contributed by atoms with Crippen molar-refractivity contribution in [2.75, 3.05) is 19.0 Å². The number of thioether (sulfide) groups is 1. The molecule has 5 atom stereocenters. The van der Waals surface area contributed by atoms with Gasteiger partial charge in [0.1, 0.15) is 30.9 Å². The molecule has 5 aromatic carbocycles. The highest BCUT2D eigenvalue weighted by atomic mass is 32.2. The summed E-state index contributed by atoms with van der Waals surface area (Å²) in [6.07, 6.45) is -4.17. The molecule has 284 valence electrons. The number of hydrogen-bond donors (Lipinski definition) is 1. The molecule has 7 rings (SSSR count). The lowest BCUT2D eigenvalue weighted by Crippen LogP contribution is -2.65. The van der Waals surface area contributed by atoms with E-state index in [0.717, 1.165) is 38.9 Å². The van der Waals surface area contributed by atoms with Gasteiger partial charge in [0.15, 0.2) is 6.10 Å². The van der Waals surface area contributed by atoms with Crippen LogP contribution >= 0.6 is 11.8 Å². The number of carbonyl (C=O) groups is 2. The van der Waals surface area contributed by atoms with Crippen LogP contribution in [0, 0.1) is 0 Å². The summed E-state index contributed by atoms with van der Waals surface area (Å²) in [4.78, 5) is 27.3. The maximum Gasteiger partial charge on any atom is 0.508 e. The molecule has 0 saturated carbocycles. The molecule has 0 radical (unpaired) electrons. The van der Waals surface area contributed by atoms with Crippen LogP contribution in [0.25, 0.3) is 11.1 Å². The van der Waals surface area contributed by atoms with E-state index in [-0.39, 0.29) is 32.3 Å². The Hall–Kier alpha value is -5.13. The van der Waals surface area contributed by atoms with Crippen molar-refractivity contribution in [3.63, 3.8) is 0 Å². The van der Waals surface area contributed by atoms with Gasteiger partial charge in [-0.1, -0.05) is 146 Å². The molecule has 5 unspecified atom stereocenters. The van der Waals surface area contributed by atoms with Gasteiger partial charge < -0.3 is 33.7 Å². The number of alkyl carbamates (subject to hydrolysis) is 1. The molecule has 0 aromatic heterocycles. The minimum Gasteiger partial charge on any atom is -0.445 e. The molecule has 1 aliphatic heterocycles. The third-order valence-corrected chi connectivity index (χ3v) is 10.8. The lowest BCUT2D eigenvalue weighted by atomic mass is 9.97. The fourth-order valence-electron chi connectivity index (χ4n) is 7.11. The van der Waals surface area contributed by atoms with Crippen LogP contribution in [0.1, 0.15) is 40.7 Å². The first-order valence-electron chi connectivity index (χ1n) is 18.6. The first-order valence-corrected chi connectivity index (χ1v) is 19.7. The molecule has 10 heteroatoms. The molecule has 0 spiro atoms. The number of hydrogen-bond acceptors (Lipinski definition) is 9. The molecule has 55 heavy (non-hydrogen) atoms. The van der Waals surface area contributed by atoms with Gasteiger partial charge in [0.05, 0.1) is 25.9 Å². The minimum atomic E-state index is -1.02. The number of amides is 1. The van der Waals surface area contributed by atoms with Crippen LogP contribution in [0.2, 0.25) is 0 Å². The highest BCUT2D eigenvalue weighted by molar-refractivity contribution is 7.99. The van der Waals surface area contributed by atoms with E-state index >= 15 is 0 Å². The number of benzene rings is 5. The number of rotatable bonds is 15. The molecule has 1 aliphatic carbocycles. The SMILES string of the molecule is CCSC1OC(COCc2ccccc2)C(OC(=O)OCC2c3ccccc3-c3ccccc32)C(OCc2ccccc2)C1NC(=O)OCc1ccccc1. The summed E-state index contributed by atoms with van der Waals surface area (Å²) >= 11 is 1.51. The molecular formula is C45H45NO8S. The Bertz CT molecular complexity index is 1940. The van der Waals surface area contributed by atoms with Crippen molar-refractivity contribution in [1.82, 2.24) is 5.32 Å². The molecule has 1 heterocycles. The summed E-state index contributed by atoms with van der Waals surface area (Å²) in [7, 11) is 0. The Labute approximate surface area is 326 Å². The molecular weight excluding hydrogens is 715 g/mol. The average Bonchev–Trinajstić information content (AvgIpc) is 3.55. The summed E-state index contributed by atoms with van der Waals surface area (Å²) in [5.74, 6) is 0.528. The molecule has 1 saturated heterocycles. The molecule has 5 aromatic rings. The third-order valence-electron chi connectivity index (χ3n) is 9.72. The van der Waals surface area contributed by atoms with Crippen molar-refractivity contribution in [2.45, 2.75) is 62.5 Å². The Balaban J connectivity index is 1.14. The zero-order chi connectivity index (χ0) is 37.8. The fourth-order valence-corrected chi connectivity index (χ4v) is 8.09. The summed E-state index contributed by atoms with van der Waals surface area (Å²) in [5, 5.41) is 3.01. The Kier molecular flexibility index (Phi) is 13.1. The first-order chi connectivity index (χ1) is 27.1. The van der Waals surface area contributed by atoms with E-state index in [0.29, 0.717) is 12.4 Å². The van der Waals surface area contributed by atoms with E-state index in [1.54, 1.807) is 0 Å². The van der Waals surface area contributed by atoms with Crippen LogP contribution in [0.15, 0.2) is 140 Å². The number of carbonyl (C=O) groups excluding carboxylic acids is 2. The van der Waals surface area contributed by atoms with Crippen LogP contribution in [0.3, 0.4) is 0 Å². The van der Waals surface area contributed by atoms with Crippen LogP contribution in [0.4, 0.5) is 9.59 Å². The summed E-state index contributed by atoms with van der Waals surface area (Å²) in [6, 6.07) is 44.5. The first kappa shape index (κ1) is 38.2. The van der Waals surface area contributed by atoms with E-state index in [1.165, 1.54) is 11.8 Å². The molecule has 1 N–H and O–H groups in total. The van der Waals surface area contributed by atoms with Gasteiger partial charge in [0, 0.05) is 5.92 Å². The van der Waals surface area contributed by atoms with Crippen molar-refractivity contribution < 1.29 is 38.0 Å². The second-order valence-corrected chi connectivity index (χ2v) is 14.7. The largest absolute Gasteiger partial charge is 0.508 e. The van der Waals surface area contributed by atoms with Crippen LogP contribution in [-0.4, -0.2) is 61.0 Å². The van der Waals surface area contributed by atoms with Gasteiger partial charge in [-0.15, -0.1) is 11.8 Å². The van der Waals surface area contributed by atoms with Crippen LogP contribution < -0.4 is 5.32 Å². The summed E-state index contributed by atoms with van der Waals surface area (Å²) in [5.41, 5.74) is 6.60. The van der Waals surface area contributed by atoms with E-state index in [2.05, 4.69) is 29.6 Å². The van der Waals surface area contributed by atoms with Crippen LogP contribution in [-0.2, 0) is 48.2 Å². The summed E-state index contributed by atoms with van der Waals surface area (Å²) < 4.78 is 37.3. The maximum atomic E-state index is 13.8. The minimum absolute atomic E-state index is 0.0763. The van der Waals surface area contributed by atoms with Gasteiger partial charge in [0.2, 0.25) is 0 Å². The number of nitrogens with one attached hydrogen (secondary N) is 1. The van der Waals surface area contributed by atoms with Gasteiger partial charge in [0.25, 0.3) is 0 Å². The van der Waals surface area contributed by atoms with Crippen molar-refractivity contribution in [3.05, 3.63) is 167 Å². The monoisotopic (exact) mass is 759 g/mol. The van der Waals surface area contributed by atoms with Crippen LogP contribution in [0.5, 0.6) is 0 Å². The van der Waals surface area contributed by atoms with Gasteiger partial charge >= 0.3 is 12.2 Å². The van der Waals surface area contributed by atoms with Gasteiger partial charge in [-0.25, -0.2) is 9.59 Å². The van der Waals surface area contributed by atoms with Crippen molar-refractivity contribution in [2.24, 2.45) is 0 Å². The molecule has 1 amide bonds. The predicted octanol–water partition coefficient (Wildman–Crippen LogP) is 8.90. The van der Waals surface area contributed by atoms with E-state index in [4.69, 9.17) is 28.4 Å². The zero-order valence-corrected chi connectivity index (χ0v) is 31.5. The van der Waals surface area contributed by atoms with Crippen molar-refractivity contribution >= 4 is 24.0 Å². The van der Waals surface area contributed by atoms with Gasteiger partial charge in [-0.05, 0) is 44.7 Å². The zero-order valence-electron chi connectivity index (χ0n) is 30.7. The quantitative estimate of drug-likeness (QED) is 0.105. The standard InChI is InChI=1S/C45H45NO8S/c1-2-55-43-40(46-44(47)51-28-33-20-10-5-11-21-33)42(50-27-32-18-8-4-9-19-32)41(39(53-43)30-49-26-31-16-6-3-7-17-31)54-45(48)52-29-38-36-24-14-12-22-34(36)35-23-13-15-25-37(35)38/h3-25,38-43H,2,26-30H2,1H3,(H,46,47). The second kappa shape index (κ2) is 19.0. The van der Waals surface area contributed by atoms with E-state index in [1.807, 2.05) is 122 Å². The Morgan fingerprint density at radius 2 is 1.18 bits per heavy atom. The Morgan fingerprint density at radius 1 is 0.636 bits per heavy atom. The Morgan fingerprint density at radius 3 is 1.78 bits per heavy atom. The third kappa shape index (κ3) is 9.76. The second-order valence-electron chi connectivity index (χ2n) is 13.4. The van der Waals surface area contributed by atoms with Gasteiger partial charge in [-0.3, -0.25) is 0 Å². The number of ether oxygens (including phenoxy) is 6. The molecule has 9 nitrogen and oxygen atoms in total. The lowest BCUT2D eigenvalue weighted by Gasteiger charge is -2.45. The topological polar surface area (TPSA) is 102 Å². The number of fused-ring (bicyclic) bond motifs is 3. The fraction of sp³-hybridized carbons (Fsp3) is 0.289. The lowest BCUT2D eigenvalue weighted by molar-refractivity contribution is -0.200. The predicted molar refractivity (Wildman–Crippen MR) is 211 cm³/mol. The highest BCUT2D eigenvalue weighted by Gasteiger charge is 2.50. The normalized spacial score (nSPS) is 20.2. The van der Waals surface area contributed by atoms with E-state index in [9.17, 15) is 9.59 Å². The average molecular weight is 760 g/mol. The van der Waals surface area contributed by atoms with Crippen molar-refractivity contribution in [1.29, 1.82) is 0 Å². The summed E-state index contributed by atoms with van der Waals surface area (Å²) in [6.45, 7) is 2.78. The van der Waals surface area contributed by atoms with E-state index < -0.39 is 42.0 Å². The molecule has 0 bridgehead atoms. The van der Waals surface area contributed by atoms with Crippen molar-refractivity contribution in [3.8, 4) is 11.1 Å². The van der Waals surface area contributed by atoms with Gasteiger partial charge in [-0.2, -0.15) is 0 Å². The smallest absolute Gasteiger partial charge is 0.445 e. The highest BCUT2D eigenvalue weighted by Crippen LogP contribution is 2.44.